The zero-order valence-electron chi connectivity index (χ0n) is 15.2. The van der Waals surface area contributed by atoms with Gasteiger partial charge in [-0.15, -0.1) is 0 Å². The maximum absolute atomic E-state index is 12.7. The van der Waals surface area contributed by atoms with Crippen LogP contribution in [0.3, 0.4) is 0 Å². The number of amides is 1. The largest absolute Gasteiger partial charge is 0.369 e. The Labute approximate surface area is 153 Å². The highest BCUT2D eigenvalue weighted by atomic mass is 16.1. The number of anilines is 2. The molecular formula is C21H24N4O. The number of nitrogens with one attached hydrogen (secondary N) is 2. The van der Waals surface area contributed by atoms with Crippen LogP contribution in [0.25, 0.3) is 10.9 Å². The molecule has 1 fully saturated rings. The summed E-state index contributed by atoms with van der Waals surface area (Å²) in [6.07, 6.45) is 0. The number of H-pyrrole nitrogens is 1. The fourth-order valence-electron chi connectivity index (χ4n) is 3.52. The van der Waals surface area contributed by atoms with E-state index in [1.807, 2.05) is 43.3 Å². The van der Waals surface area contributed by atoms with Crippen molar-refractivity contribution in [3.63, 3.8) is 0 Å². The zero-order chi connectivity index (χ0) is 18.1. The second-order valence-corrected chi connectivity index (χ2v) is 6.96. The molecule has 0 atom stereocenters. The van der Waals surface area contributed by atoms with Gasteiger partial charge in [-0.2, -0.15) is 0 Å². The number of para-hydroxylation sites is 1. The summed E-state index contributed by atoms with van der Waals surface area (Å²) in [6, 6.07) is 16.1. The third kappa shape index (κ3) is 3.18. The maximum atomic E-state index is 12.7. The van der Waals surface area contributed by atoms with Crippen molar-refractivity contribution in [1.29, 1.82) is 0 Å². The molecule has 2 heterocycles. The van der Waals surface area contributed by atoms with E-state index in [9.17, 15) is 4.79 Å². The molecule has 0 radical (unpaired) electrons. The highest BCUT2D eigenvalue weighted by molar-refractivity contribution is 6.07. The molecule has 1 aromatic heterocycles. The lowest BCUT2D eigenvalue weighted by molar-refractivity contribution is 0.102. The van der Waals surface area contributed by atoms with E-state index in [-0.39, 0.29) is 5.91 Å². The van der Waals surface area contributed by atoms with E-state index in [0.29, 0.717) is 5.69 Å². The molecule has 5 nitrogen and oxygen atoms in total. The molecule has 1 aliphatic rings. The van der Waals surface area contributed by atoms with Crippen molar-refractivity contribution in [2.24, 2.45) is 0 Å². The van der Waals surface area contributed by atoms with E-state index < -0.39 is 0 Å². The van der Waals surface area contributed by atoms with Crippen LogP contribution in [-0.2, 0) is 0 Å². The Morgan fingerprint density at radius 1 is 1.00 bits per heavy atom. The average Bonchev–Trinajstić information content (AvgIpc) is 3.00. The fourth-order valence-corrected chi connectivity index (χ4v) is 3.52. The summed E-state index contributed by atoms with van der Waals surface area (Å²) in [4.78, 5) is 20.6. The Hall–Kier alpha value is -2.79. The van der Waals surface area contributed by atoms with Crippen molar-refractivity contribution in [2.45, 2.75) is 6.92 Å². The van der Waals surface area contributed by atoms with E-state index >= 15 is 0 Å². The van der Waals surface area contributed by atoms with Crippen LogP contribution in [0.2, 0.25) is 0 Å². The number of piperazine rings is 1. The minimum absolute atomic E-state index is 0.106. The molecule has 1 amide bonds. The van der Waals surface area contributed by atoms with E-state index in [0.717, 1.165) is 48.3 Å². The molecule has 5 heteroatoms. The fraction of sp³-hybridized carbons (Fsp3) is 0.286. The summed E-state index contributed by atoms with van der Waals surface area (Å²) in [5, 5.41) is 4.09. The lowest BCUT2D eigenvalue weighted by atomic mass is 10.1. The first-order valence-electron chi connectivity index (χ1n) is 9.04. The normalized spacial score (nSPS) is 15.4. The summed E-state index contributed by atoms with van der Waals surface area (Å²) in [5.41, 5.74) is 4.60. The second-order valence-electron chi connectivity index (χ2n) is 6.96. The lowest BCUT2D eigenvalue weighted by Crippen LogP contribution is -2.44. The molecule has 2 N–H and O–H groups in total. The SMILES string of the molecule is Cc1c(C(=O)Nc2ccc(N3CCN(C)CC3)cc2)[nH]c2ccccc12. The summed E-state index contributed by atoms with van der Waals surface area (Å²) < 4.78 is 0. The number of hydrogen-bond donors (Lipinski definition) is 2. The minimum atomic E-state index is -0.106. The van der Waals surface area contributed by atoms with Crippen molar-refractivity contribution in [2.75, 3.05) is 43.4 Å². The van der Waals surface area contributed by atoms with Gasteiger partial charge in [0, 0.05) is 48.5 Å². The van der Waals surface area contributed by atoms with Crippen molar-refractivity contribution in [3.05, 3.63) is 59.8 Å². The van der Waals surface area contributed by atoms with Crippen LogP contribution in [0.1, 0.15) is 16.1 Å². The zero-order valence-corrected chi connectivity index (χ0v) is 15.2. The molecule has 0 saturated carbocycles. The quantitative estimate of drug-likeness (QED) is 0.762. The first-order chi connectivity index (χ1) is 12.6. The van der Waals surface area contributed by atoms with Gasteiger partial charge in [-0.25, -0.2) is 0 Å². The van der Waals surface area contributed by atoms with Crippen molar-refractivity contribution in [3.8, 4) is 0 Å². The van der Waals surface area contributed by atoms with E-state index in [1.165, 1.54) is 5.69 Å². The number of nitrogens with zero attached hydrogens (tertiary/aromatic N) is 2. The monoisotopic (exact) mass is 348 g/mol. The predicted octanol–water partition coefficient (Wildman–Crippen LogP) is 3.48. The van der Waals surface area contributed by atoms with Gasteiger partial charge in [0.1, 0.15) is 5.69 Å². The van der Waals surface area contributed by atoms with Gasteiger partial charge >= 0.3 is 0 Å². The Bertz CT molecular complexity index is 921. The maximum Gasteiger partial charge on any atom is 0.272 e. The number of aromatic amines is 1. The number of carbonyl (C=O) groups is 1. The van der Waals surface area contributed by atoms with Gasteiger partial charge in [0.05, 0.1) is 0 Å². The lowest BCUT2D eigenvalue weighted by Gasteiger charge is -2.34. The van der Waals surface area contributed by atoms with Crippen LogP contribution in [0, 0.1) is 6.92 Å². The Morgan fingerprint density at radius 3 is 2.38 bits per heavy atom. The van der Waals surface area contributed by atoms with Gasteiger partial charge in [-0.1, -0.05) is 18.2 Å². The average molecular weight is 348 g/mol. The van der Waals surface area contributed by atoms with Crippen LogP contribution in [0.5, 0.6) is 0 Å². The van der Waals surface area contributed by atoms with Gasteiger partial charge < -0.3 is 20.1 Å². The van der Waals surface area contributed by atoms with Crippen LogP contribution in [0.4, 0.5) is 11.4 Å². The minimum Gasteiger partial charge on any atom is -0.369 e. The highest BCUT2D eigenvalue weighted by Gasteiger charge is 2.16. The van der Waals surface area contributed by atoms with E-state index in [1.54, 1.807) is 0 Å². The number of aryl methyl sites for hydroxylation is 1. The summed E-state index contributed by atoms with van der Waals surface area (Å²) in [5.74, 6) is -0.106. The molecule has 0 spiro atoms. The molecule has 26 heavy (non-hydrogen) atoms. The summed E-state index contributed by atoms with van der Waals surface area (Å²) >= 11 is 0. The van der Waals surface area contributed by atoms with Gasteiger partial charge in [0.2, 0.25) is 0 Å². The molecule has 4 rings (SSSR count). The molecule has 0 aliphatic carbocycles. The molecular weight excluding hydrogens is 324 g/mol. The van der Waals surface area contributed by atoms with Crippen LogP contribution < -0.4 is 10.2 Å². The number of rotatable bonds is 3. The van der Waals surface area contributed by atoms with E-state index in [4.69, 9.17) is 0 Å². The number of likely N-dealkylation sites (N-methyl/N-ethyl adjacent to an activating group) is 1. The Kier molecular flexibility index (Phi) is 4.39. The van der Waals surface area contributed by atoms with Gasteiger partial charge in [0.15, 0.2) is 0 Å². The van der Waals surface area contributed by atoms with Crippen molar-refractivity contribution >= 4 is 28.2 Å². The number of hydrogen-bond acceptors (Lipinski definition) is 3. The number of benzene rings is 2. The van der Waals surface area contributed by atoms with E-state index in [2.05, 4.69) is 39.3 Å². The molecule has 1 aliphatic heterocycles. The first kappa shape index (κ1) is 16.7. The molecule has 0 unspecified atom stereocenters. The molecule has 0 bridgehead atoms. The number of fused-ring (bicyclic) bond motifs is 1. The standard InChI is InChI=1S/C21H24N4O/c1-15-18-5-3-4-6-19(18)23-20(15)21(26)22-16-7-9-17(10-8-16)25-13-11-24(2)12-14-25/h3-10,23H,11-14H2,1-2H3,(H,22,26). The van der Waals surface area contributed by atoms with Gasteiger partial charge in [-0.05, 0) is 49.9 Å². The van der Waals surface area contributed by atoms with Crippen LogP contribution in [0.15, 0.2) is 48.5 Å². The second kappa shape index (κ2) is 6.84. The number of carbonyl (C=O) groups excluding carboxylic acids is 1. The first-order valence-corrected chi connectivity index (χ1v) is 9.04. The molecule has 1 saturated heterocycles. The third-order valence-corrected chi connectivity index (χ3v) is 5.19. The topological polar surface area (TPSA) is 51.4 Å². The van der Waals surface area contributed by atoms with Crippen molar-refractivity contribution in [1.82, 2.24) is 9.88 Å². The van der Waals surface area contributed by atoms with Crippen molar-refractivity contribution < 1.29 is 4.79 Å². The third-order valence-electron chi connectivity index (χ3n) is 5.19. The summed E-state index contributed by atoms with van der Waals surface area (Å²) in [6.45, 7) is 6.22. The van der Waals surface area contributed by atoms with Crippen LogP contribution >= 0.6 is 0 Å². The van der Waals surface area contributed by atoms with Gasteiger partial charge in [-0.3, -0.25) is 4.79 Å². The smallest absolute Gasteiger partial charge is 0.272 e. The summed E-state index contributed by atoms with van der Waals surface area (Å²) in [7, 11) is 2.15. The molecule has 134 valence electrons. The Morgan fingerprint density at radius 2 is 1.69 bits per heavy atom. The highest BCUT2D eigenvalue weighted by Crippen LogP contribution is 2.23. The van der Waals surface area contributed by atoms with Crippen LogP contribution in [-0.4, -0.2) is 49.0 Å². The predicted molar refractivity (Wildman–Crippen MR) is 107 cm³/mol. The molecule has 3 aromatic rings. The Balaban J connectivity index is 1.48. The molecule has 2 aromatic carbocycles. The number of aromatic nitrogens is 1. The van der Waals surface area contributed by atoms with Gasteiger partial charge in [0.25, 0.3) is 5.91 Å².